The van der Waals surface area contributed by atoms with E-state index in [0.717, 1.165) is 103 Å². The Morgan fingerprint density at radius 2 is 0.851 bits per heavy atom. The van der Waals surface area contributed by atoms with Crippen LogP contribution < -0.4 is 5.32 Å². The van der Waals surface area contributed by atoms with Crippen LogP contribution in [0.25, 0.3) is 0 Å². The van der Waals surface area contributed by atoms with Crippen LogP contribution in [0.2, 0.25) is 0 Å². The van der Waals surface area contributed by atoms with Gasteiger partial charge in [-0.15, -0.1) is 0 Å². The topological polar surface area (TPSA) is 149 Å². The number of carbonyl (C=O) groups excluding carboxylic acids is 1. The lowest BCUT2D eigenvalue weighted by atomic mass is 9.99. The second kappa shape index (κ2) is 53.3. The van der Waals surface area contributed by atoms with Gasteiger partial charge in [0.25, 0.3) is 0 Å². The molecule has 424 valence electrons. The standard InChI is InChI=1S/C65H111NO8/c1-3-5-7-9-11-13-15-17-19-21-23-25-27-29-30-31-33-35-37-39-41-43-45-47-49-51-53-55-61(69)66-58(57-73-65-64(72)63(71)62(70)60(56-67)74-65)59(68)54-52-50-48-46-44-42-40-38-36-34-32-28-26-24-22-20-18-16-14-12-10-8-6-4-2/h5,7,11,13,17,19,23,25,29-30,33,35,39,41,44,46,52,54,58-60,62-65,67-68,70-72H,3-4,6,8-10,12,14-16,18,20-22,24,26-28,31-32,34,36-38,40,42-43,45,47-51,53,55-57H2,1-2H3,(H,66,69)/b7-5-,13-11-,19-17-,25-23-,30-29-,35-33-,41-39-,46-44+,54-52+. The Bertz CT molecular complexity index is 1530. The molecule has 6 N–H and O–H groups in total. The summed E-state index contributed by atoms with van der Waals surface area (Å²) < 4.78 is 11.3. The molecule has 1 saturated heterocycles. The Kier molecular flexibility index (Phi) is 49.6. The van der Waals surface area contributed by atoms with Gasteiger partial charge in [0, 0.05) is 6.42 Å². The zero-order valence-electron chi connectivity index (χ0n) is 47.1. The van der Waals surface area contributed by atoms with Crippen molar-refractivity contribution >= 4 is 5.91 Å². The molecule has 1 aliphatic heterocycles. The van der Waals surface area contributed by atoms with Crippen molar-refractivity contribution < 1.29 is 39.8 Å². The lowest BCUT2D eigenvalue weighted by Crippen LogP contribution is -2.60. The van der Waals surface area contributed by atoms with Crippen molar-refractivity contribution in [1.82, 2.24) is 5.32 Å². The molecule has 1 aliphatic rings. The van der Waals surface area contributed by atoms with Gasteiger partial charge in [-0.1, -0.05) is 252 Å². The van der Waals surface area contributed by atoms with Gasteiger partial charge in [0.1, 0.15) is 24.4 Å². The predicted octanol–water partition coefficient (Wildman–Crippen LogP) is 15.3. The van der Waals surface area contributed by atoms with Crippen LogP contribution in [-0.2, 0) is 14.3 Å². The Labute approximate surface area is 453 Å². The van der Waals surface area contributed by atoms with Crippen molar-refractivity contribution in [1.29, 1.82) is 0 Å². The number of nitrogens with one attached hydrogen (secondary N) is 1. The number of rotatable bonds is 50. The molecule has 9 heteroatoms. The number of ether oxygens (including phenoxy) is 2. The molecule has 7 atom stereocenters. The number of hydrogen-bond donors (Lipinski definition) is 6. The van der Waals surface area contributed by atoms with Crippen molar-refractivity contribution in [3.05, 3.63) is 109 Å². The maximum absolute atomic E-state index is 13.1. The molecule has 0 spiro atoms. The first-order valence-electron chi connectivity index (χ1n) is 30.1. The third kappa shape index (κ3) is 42.0. The molecule has 0 aromatic heterocycles. The number of aliphatic hydroxyl groups is 5. The molecule has 74 heavy (non-hydrogen) atoms. The van der Waals surface area contributed by atoms with Gasteiger partial charge in [-0.2, -0.15) is 0 Å². The smallest absolute Gasteiger partial charge is 0.220 e. The van der Waals surface area contributed by atoms with Crippen LogP contribution >= 0.6 is 0 Å². The summed E-state index contributed by atoms with van der Waals surface area (Å²) in [6.45, 7) is 3.65. The third-order valence-electron chi connectivity index (χ3n) is 13.6. The normalized spacial score (nSPS) is 19.8. The minimum atomic E-state index is -1.58. The van der Waals surface area contributed by atoms with E-state index in [4.69, 9.17) is 9.47 Å². The number of aliphatic hydroxyl groups excluding tert-OH is 5. The second-order valence-corrected chi connectivity index (χ2v) is 20.4. The second-order valence-electron chi connectivity index (χ2n) is 20.4. The van der Waals surface area contributed by atoms with E-state index in [1.54, 1.807) is 6.08 Å². The van der Waals surface area contributed by atoms with Crippen molar-refractivity contribution in [2.75, 3.05) is 13.2 Å². The van der Waals surface area contributed by atoms with E-state index in [9.17, 15) is 30.3 Å². The Morgan fingerprint density at radius 3 is 1.30 bits per heavy atom. The summed E-state index contributed by atoms with van der Waals surface area (Å²) in [7, 11) is 0. The Hall–Kier alpha value is -3.15. The number of unbranched alkanes of at least 4 members (excludes halogenated alkanes) is 24. The van der Waals surface area contributed by atoms with E-state index in [2.05, 4.69) is 116 Å². The minimum absolute atomic E-state index is 0.209. The van der Waals surface area contributed by atoms with Gasteiger partial charge in [-0.05, 0) is 89.9 Å². The summed E-state index contributed by atoms with van der Waals surface area (Å²) in [5, 5.41) is 54.5. The molecule has 0 saturated carbocycles. The highest BCUT2D eigenvalue weighted by Gasteiger charge is 2.44. The molecule has 9 nitrogen and oxygen atoms in total. The van der Waals surface area contributed by atoms with Crippen molar-refractivity contribution in [3.8, 4) is 0 Å². The van der Waals surface area contributed by atoms with E-state index in [0.29, 0.717) is 6.42 Å². The molecular formula is C65H111NO8. The largest absolute Gasteiger partial charge is 0.394 e. The summed E-state index contributed by atoms with van der Waals surface area (Å²) in [6.07, 6.45) is 71.5. The molecule has 0 aromatic carbocycles. The van der Waals surface area contributed by atoms with Crippen molar-refractivity contribution in [2.24, 2.45) is 0 Å². The maximum Gasteiger partial charge on any atom is 0.220 e. The zero-order valence-corrected chi connectivity index (χ0v) is 47.1. The van der Waals surface area contributed by atoms with Gasteiger partial charge < -0.3 is 40.3 Å². The van der Waals surface area contributed by atoms with E-state index in [1.165, 1.54) is 116 Å². The molecule has 0 bridgehead atoms. The molecule has 0 aromatic rings. The highest BCUT2D eigenvalue weighted by molar-refractivity contribution is 5.76. The summed E-state index contributed by atoms with van der Waals surface area (Å²) in [5.41, 5.74) is 0. The first-order valence-corrected chi connectivity index (χ1v) is 30.1. The zero-order chi connectivity index (χ0) is 53.6. The first-order chi connectivity index (χ1) is 36.3. The van der Waals surface area contributed by atoms with Gasteiger partial charge in [0.2, 0.25) is 5.91 Å². The van der Waals surface area contributed by atoms with Gasteiger partial charge >= 0.3 is 0 Å². The molecule has 1 fully saturated rings. The molecule has 1 rings (SSSR count). The van der Waals surface area contributed by atoms with Crippen LogP contribution in [0.15, 0.2) is 109 Å². The van der Waals surface area contributed by atoms with Crippen LogP contribution in [0.1, 0.15) is 239 Å². The number of carbonyl (C=O) groups is 1. The van der Waals surface area contributed by atoms with Crippen molar-refractivity contribution in [3.63, 3.8) is 0 Å². The summed E-state index contributed by atoms with van der Waals surface area (Å²) >= 11 is 0. The predicted molar refractivity (Wildman–Crippen MR) is 313 cm³/mol. The first kappa shape index (κ1) is 68.9. The van der Waals surface area contributed by atoms with E-state index >= 15 is 0 Å². The van der Waals surface area contributed by atoms with E-state index < -0.39 is 49.5 Å². The number of amides is 1. The summed E-state index contributed by atoms with van der Waals surface area (Å²) in [5.74, 6) is -0.209. The van der Waals surface area contributed by atoms with Crippen LogP contribution in [0.5, 0.6) is 0 Å². The highest BCUT2D eigenvalue weighted by atomic mass is 16.7. The van der Waals surface area contributed by atoms with Crippen LogP contribution in [0.3, 0.4) is 0 Å². The molecule has 1 heterocycles. The van der Waals surface area contributed by atoms with E-state index in [1.807, 2.05) is 6.08 Å². The van der Waals surface area contributed by atoms with Crippen molar-refractivity contribution in [2.45, 2.75) is 281 Å². The SMILES string of the molecule is CC/C=C\C/C=C\C/C=C\C/C=C\C/C=C\C/C=C\C/C=C\CCCCCCCC(=O)NC(COC1OC(CO)C(O)C(O)C1O)C(O)/C=C/CC/C=C/CCCCCCCCCCCCCCCCCCCC. The average molecular weight is 1030 g/mol. The van der Waals surface area contributed by atoms with Crippen LogP contribution in [0, 0.1) is 0 Å². The molecular weight excluding hydrogens is 923 g/mol. The number of allylic oxidation sites excluding steroid dienone is 17. The fourth-order valence-corrected chi connectivity index (χ4v) is 8.86. The Balaban J connectivity index is 2.28. The van der Waals surface area contributed by atoms with E-state index in [-0.39, 0.29) is 12.5 Å². The lowest BCUT2D eigenvalue weighted by Gasteiger charge is -2.40. The van der Waals surface area contributed by atoms with Gasteiger partial charge in [-0.25, -0.2) is 0 Å². The maximum atomic E-state index is 13.1. The minimum Gasteiger partial charge on any atom is -0.394 e. The highest BCUT2D eigenvalue weighted by Crippen LogP contribution is 2.23. The quantitative estimate of drug-likeness (QED) is 0.0261. The van der Waals surface area contributed by atoms with Crippen LogP contribution in [-0.4, -0.2) is 87.5 Å². The molecule has 7 unspecified atom stereocenters. The average Bonchev–Trinajstić information content (AvgIpc) is 3.40. The Morgan fingerprint density at radius 1 is 0.473 bits per heavy atom. The van der Waals surface area contributed by atoms with Gasteiger partial charge in [-0.3, -0.25) is 4.79 Å². The van der Waals surface area contributed by atoms with Gasteiger partial charge in [0.15, 0.2) is 6.29 Å². The summed E-state index contributed by atoms with van der Waals surface area (Å²) in [4.78, 5) is 13.1. The monoisotopic (exact) mass is 1030 g/mol. The van der Waals surface area contributed by atoms with Gasteiger partial charge in [0.05, 0.1) is 25.4 Å². The third-order valence-corrected chi connectivity index (χ3v) is 13.6. The fraction of sp³-hybridized carbons (Fsp3) is 0.708. The summed E-state index contributed by atoms with van der Waals surface area (Å²) in [6, 6.07) is -0.842. The molecule has 0 aliphatic carbocycles. The van der Waals surface area contributed by atoms with Crippen LogP contribution in [0.4, 0.5) is 0 Å². The lowest BCUT2D eigenvalue weighted by molar-refractivity contribution is -0.302. The number of hydrogen-bond acceptors (Lipinski definition) is 8. The molecule has 1 amide bonds. The fourth-order valence-electron chi connectivity index (χ4n) is 8.86. The molecule has 0 radical (unpaired) electrons.